The van der Waals surface area contributed by atoms with Gasteiger partial charge < -0.3 is 9.47 Å². The second-order valence-corrected chi connectivity index (χ2v) is 11.4. The maximum atomic E-state index is 12.7. The molecule has 38 heavy (non-hydrogen) atoms. The van der Waals surface area contributed by atoms with E-state index in [1.54, 1.807) is 48.8 Å². The largest absolute Gasteiger partial charge is 0.434 e. The lowest BCUT2D eigenvalue weighted by Crippen LogP contribution is -2.52. The van der Waals surface area contributed by atoms with Crippen LogP contribution in [0.2, 0.25) is 0 Å². The molecular weight excluding hydrogens is 496 g/mol. The smallest absolute Gasteiger partial charge is 0.387 e. The summed E-state index contributed by atoms with van der Waals surface area (Å²) in [7, 11) is 0. The van der Waals surface area contributed by atoms with Gasteiger partial charge in [0.2, 0.25) is 0 Å². The lowest BCUT2D eigenvalue weighted by atomic mass is 9.43. The SMILES string of the molecule is FC(F)Oc1ccccc1C=NCCC12CC3CC(C1)CC(CCN=Cc1ccccc1OC(F)F)(C3)C2. The number of aliphatic imine (C=N–C) groups is 2. The van der Waals surface area contributed by atoms with E-state index in [4.69, 9.17) is 0 Å². The van der Waals surface area contributed by atoms with Gasteiger partial charge in [0.05, 0.1) is 0 Å². The van der Waals surface area contributed by atoms with Crippen LogP contribution in [0, 0.1) is 22.7 Å². The Hall–Kier alpha value is -2.90. The predicted octanol–water partition coefficient (Wildman–Crippen LogP) is 7.79. The lowest BCUT2D eigenvalue weighted by Gasteiger charge is -2.62. The van der Waals surface area contributed by atoms with Crippen LogP contribution in [0.3, 0.4) is 0 Å². The van der Waals surface area contributed by atoms with Crippen LogP contribution in [-0.4, -0.2) is 38.7 Å². The first-order chi connectivity index (χ1) is 18.3. The summed E-state index contributed by atoms with van der Waals surface area (Å²) >= 11 is 0. The summed E-state index contributed by atoms with van der Waals surface area (Å²) in [4.78, 5) is 9.21. The second kappa shape index (κ2) is 11.5. The molecule has 204 valence electrons. The Bertz CT molecular complexity index is 1050. The van der Waals surface area contributed by atoms with Crippen molar-refractivity contribution < 1.29 is 27.0 Å². The summed E-state index contributed by atoms with van der Waals surface area (Å²) in [5, 5.41) is 0. The number of hydrogen-bond donors (Lipinski definition) is 0. The Morgan fingerprint density at radius 2 is 1.13 bits per heavy atom. The van der Waals surface area contributed by atoms with Gasteiger partial charge in [-0.25, -0.2) is 0 Å². The average Bonchev–Trinajstić information content (AvgIpc) is 2.85. The number of hydrogen-bond acceptors (Lipinski definition) is 4. The highest BCUT2D eigenvalue weighted by atomic mass is 19.3. The van der Waals surface area contributed by atoms with Gasteiger partial charge >= 0.3 is 13.2 Å². The molecule has 4 saturated carbocycles. The number of alkyl halides is 4. The fourth-order valence-electron chi connectivity index (χ4n) is 7.74. The molecule has 4 aliphatic carbocycles. The van der Waals surface area contributed by atoms with Crippen molar-refractivity contribution in [2.45, 2.75) is 64.6 Å². The van der Waals surface area contributed by atoms with Crippen molar-refractivity contribution in [3.8, 4) is 11.5 Å². The molecule has 4 aliphatic rings. The highest BCUT2D eigenvalue weighted by Gasteiger charge is 2.56. The van der Waals surface area contributed by atoms with E-state index in [9.17, 15) is 17.6 Å². The Morgan fingerprint density at radius 3 is 1.55 bits per heavy atom. The number of nitrogens with zero attached hydrogens (tertiary/aromatic N) is 2. The molecule has 0 radical (unpaired) electrons. The second-order valence-electron chi connectivity index (χ2n) is 11.4. The van der Waals surface area contributed by atoms with Crippen molar-refractivity contribution in [2.75, 3.05) is 13.1 Å². The van der Waals surface area contributed by atoms with Gasteiger partial charge in [0.1, 0.15) is 11.5 Å². The Kier molecular flexibility index (Phi) is 8.05. The fraction of sp³-hybridized carbons (Fsp3) is 0.533. The summed E-state index contributed by atoms with van der Waals surface area (Å²) in [5.74, 6) is 1.77. The van der Waals surface area contributed by atoms with Crippen molar-refractivity contribution in [3.63, 3.8) is 0 Å². The van der Waals surface area contributed by atoms with Gasteiger partial charge in [0.15, 0.2) is 0 Å². The number of rotatable bonds is 12. The molecule has 0 aliphatic heterocycles. The molecule has 4 bridgehead atoms. The topological polar surface area (TPSA) is 43.2 Å². The van der Waals surface area contributed by atoms with E-state index in [0.29, 0.717) is 24.2 Å². The molecule has 0 heterocycles. The molecule has 2 aromatic rings. The molecular formula is C30H34F4N2O2. The van der Waals surface area contributed by atoms with Crippen LogP contribution < -0.4 is 9.47 Å². The normalized spacial score (nSPS) is 28.3. The number of para-hydroxylation sites is 2. The number of benzene rings is 2. The average molecular weight is 531 g/mol. The van der Waals surface area contributed by atoms with Crippen LogP contribution in [0.15, 0.2) is 58.5 Å². The van der Waals surface area contributed by atoms with Gasteiger partial charge in [-0.15, -0.1) is 0 Å². The standard InChI is InChI=1S/C30H34F4N2O2/c31-27(32)37-25-7-3-1-5-23(25)18-35-11-9-29-14-21-13-22(15-29)17-30(16-21,20-29)10-12-36-19-24-6-2-4-8-26(24)38-28(33)34/h1-8,18-19,21-22,27-28H,9-17,20H2. The third-order valence-corrected chi connectivity index (χ3v) is 8.58. The molecule has 8 heteroatoms. The molecule has 0 N–H and O–H groups in total. The first-order valence-electron chi connectivity index (χ1n) is 13.4. The van der Waals surface area contributed by atoms with E-state index < -0.39 is 13.2 Å². The molecule has 6 rings (SSSR count). The van der Waals surface area contributed by atoms with Crippen LogP contribution in [0.4, 0.5) is 17.6 Å². The Morgan fingerprint density at radius 1 is 0.711 bits per heavy atom. The molecule has 0 saturated heterocycles. The first-order valence-corrected chi connectivity index (χ1v) is 13.4. The van der Waals surface area contributed by atoms with Gasteiger partial charge in [0.25, 0.3) is 0 Å². The van der Waals surface area contributed by atoms with E-state index in [-0.39, 0.29) is 22.3 Å². The monoisotopic (exact) mass is 530 g/mol. The summed E-state index contributed by atoms with van der Waals surface area (Å²) < 4.78 is 60.0. The fourth-order valence-corrected chi connectivity index (χ4v) is 7.74. The van der Waals surface area contributed by atoms with Crippen molar-refractivity contribution in [2.24, 2.45) is 32.7 Å². The van der Waals surface area contributed by atoms with Crippen LogP contribution >= 0.6 is 0 Å². The third kappa shape index (κ3) is 6.38. The van der Waals surface area contributed by atoms with Crippen molar-refractivity contribution in [1.29, 1.82) is 0 Å². The molecule has 0 spiro atoms. The van der Waals surface area contributed by atoms with E-state index in [0.717, 1.165) is 24.7 Å². The van der Waals surface area contributed by atoms with E-state index in [1.165, 1.54) is 50.7 Å². The van der Waals surface area contributed by atoms with Crippen molar-refractivity contribution in [3.05, 3.63) is 59.7 Å². The molecule has 4 fully saturated rings. The van der Waals surface area contributed by atoms with E-state index in [1.807, 2.05) is 0 Å². The summed E-state index contributed by atoms with van der Waals surface area (Å²) in [6, 6.07) is 13.4. The van der Waals surface area contributed by atoms with Crippen LogP contribution in [0.25, 0.3) is 0 Å². The minimum Gasteiger partial charge on any atom is -0.434 e. The molecule has 2 aromatic carbocycles. The van der Waals surface area contributed by atoms with E-state index in [2.05, 4.69) is 19.5 Å². The van der Waals surface area contributed by atoms with E-state index >= 15 is 0 Å². The third-order valence-electron chi connectivity index (χ3n) is 8.58. The van der Waals surface area contributed by atoms with Crippen LogP contribution in [0.5, 0.6) is 11.5 Å². The Balaban J connectivity index is 1.19. The zero-order valence-electron chi connectivity index (χ0n) is 21.4. The van der Waals surface area contributed by atoms with Crippen LogP contribution in [0.1, 0.15) is 62.5 Å². The predicted molar refractivity (Wildman–Crippen MR) is 140 cm³/mol. The van der Waals surface area contributed by atoms with Gasteiger partial charge in [-0.3, -0.25) is 9.98 Å². The molecule has 4 nitrogen and oxygen atoms in total. The maximum Gasteiger partial charge on any atom is 0.387 e. The molecule has 0 unspecified atom stereocenters. The van der Waals surface area contributed by atoms with Crippen LogP contribution in [-0.2, 0) is 0 Å². The number of ether oxygens (including phenoxy) is 2. The van der Waals surface area contributed by atoms with Gasteiger partial charge in [0, 0.05) is 36.6 Å². The minimum absolute atomic E-state index is 0.143. The highest BCUT2D eigenvalue weighted by molar-refractivity contribution is 5.84. The Labute approximate surface area is 221 Å². The van der Waals surface area contributed by atoms with Gasteiger partial charge in [-0.1, -0.05) is 24.3 Å². The van der Waals surface area contributed by atoms with Crippen molar-refractivity contribution in [1.82, 2.24) is 0 Å². The summed E-state index contributed by atoms with van der Waals surface area (Å²) in [5.41, 5.74) is 1.69. The highest BCUT2D eigenvalue weighted by Crippen LogP contribution is 2.67. The maximum absolute atomic E-state index is 12.7. The van der Waals surface area contributed by atoms with Crippen molar-refractivity contribution >= 4 is 12.4 Å². The lowest BCUT2D eigenvalue weighted by molar-refractivity contribution is -0.115. The zero-order chi connectivity index (χ0) is 26.6. The summed E-state index contributed by atoms with van der Waals surface area (Å²) in [6.45, 7) is -4.40. The van der Waals surface area contributed by atoms with Gasteiger partial charge in [-0.05, 0) is 98.3 Å². The first kappa shape index (κ1) is 26.7. The quantitative estimate of drug-likeness (QED) is 0.208. The summed E-state index contributed by atoms with van der Waals surface area (Å²) in [6.07, 6.45) is 12.8. The molecule has 0 amide bonds. The minimum atomic E-state index is -2.86. The van der Waals surface area contributed by atoms with Gasteiger partial charge in [-0.2, -0.15) is 17.6 Å². The molecule has 0 atom stereocenters. The zero-order valence-corrected chi connectivity index (χ0v) is 21.4. The number of halogens is 4. The molecule has 0 aromatic heterocycles.